The third-order valence-corrected chi connectivity index (χ3v) is 4.77. The number of amides is 1. The highest BCUT2D eigenvalue weighted by atomic mass is 32.2. The molecule has 0 spiro atoms. The maximum atomic E-state index is 11.7. The summed E-state index contributed by atoms with van der Waals surface area (Å²) in [7, 11) is 0. The Balaban J connectivity index is 2.51. The number of carbonyl (C=O) groups excluding carboxylic acids is 1. The first kappa shape index (κ1) is 15.1. The minimum absolute atomic E-state index is 0.0332. The van der Waals surface area contributed by atoms with Crippen molar-refractivity contribution in [2.75, 3.05) is 0 Å². The number of hydrogen-bond donors (Lipinski definition) is 2. The predicted molar refractivity (Wildman–Crippen MR) is 85.9 cm³/mol. The lowest BCUT2D eigenvalue weighted by molar-refractivity contribution is -0.119. The molecule has 2 aliphatic rings. The van der Waals surface area contributed by atoms with Gasteiger partial charge in [-0.2, -0.15) is 0 Å². The smallest absolute Gasteiger partial charge is 0.218 e. The Morgan fingerprint density at radius 3 is 2.75 bits per heavy atom. The van der Waals surface area contributed by atoms with Crippen molar-refractivity contribution in [2.24, 2.45) is 0 Å². The summed E-state index contributed by atoms with van der Waals surface area (Å²) in [6, 6.07) is 0. The molecule has 0 bridgehead atoms. The monoisotopic (exact) mass is 290 g/mol. The van der Waals surface area contributed by atoms with Crippen LogP contribution < -0.4 is 5.32 Å². The number of rotatable bonds is 2. The van der Waals surface area contributed by atoms with E-state index in [4.69, 9.17) is 5.41 Å². The van der Waals surface area contributed by atoms with E-state index in [-0.39, 0.29) is 5.91 Å². The van der Waals surface area contributed by atoms with Crippen LogP contribution in [-0.4, -0.2) is 15.8 Å². The second-order valence-corrected chi connectivity index (χ2v) is 6.87. The van der Waals surface area contributed by atoms with E-state index in [0.717, 1.165) is 32.1 Å². The van der Waals surface area contributed by atoms with Crippen LogP contribution >= 0.6 is 11.8 Å². The molecule has 0 aromatic heterocycles. The Hall–Kier alpha value is -1.29. The van der Waals surface area contributed by atoms with Crippen LogP contribution in [-0.2, 0) is 4.79 Å². The molecule has 20 heavy (non-hydrogen) atoms. The van der Waals surface area contributed by atoms with Crippen molar-refractivity contribution in [1.82, 2.24) is 5.32 Å². The van der Waals surface area contributed by atoms with Gasteiger partial charge in [-0.3, -0.25) is 10.2 Å². The molecule has 0 aromatic carbocycles. The lowest BCUT2D eigenvalue weighted by Gasteiger charge is -2.35. The van der Waals surface area contributed by atoms with Gasteiger partial charge in [0.2, 0.25) is 5.91 Å². The van der Waals surface area contributed by atoms with Crippen LogP contribution in [0.25, 0.3) is 0 Å². The molecule has 1 amide bonds. The third kappa shape index (κ3) is 3.42. The average Bonchev–Trinajstić information content (AvgIpc) is 2.64. The topological polar surface area (TPSA) is 53.0 Å². The molecular weight excluding hydrogens is 268 g/mol. The van der Waals surface area contributed by atoms with Crippen LogP contribution in [0.1, 0.15) is 46.0 Å². The molecule has 2 aliphatic carbocycles. The fourth-order valence-corrected chi connectivity index (χ4v) is 4.19. The first-order valence-corrected chi connectivity index (χ1v) is 7.95. The fourth-order valence-electron chi connectivity index (χ4n) is 2.91. The standard InChI is InChI=1S/C16H22N2OS/c1-12(17)20-16(18-13(2)19)11-7-6-9-14-8-4-3-5-10-15(14)16/h4-5,8,10,17H,3,6-7,9,11H2,1-2H3,(H,18,19). The van der Waals surface area contributed by atoms with Gasteiger partial charge in [-0.1, -0.05) is 36.1 Å². The Morgan fingerprint density at radius 1 is 1.30 bits per heavy atom. The van der Waals surface area contributed by atoms with Gasteiger partial charge >= 0.3 is 0 Å². The molecule has 0 saturated carbocycles. The molecule has 1 atom stereocenters. The van der Waals surface area contributed by atoms with Gasteiger partial charge in [0, 0.05) is 6.92 Å². The van der Waals surface area contributed by atoms with Gasteiger partial charge in [-0.05, 0) is 50.2 Å². The first-order chi connectivity index (χ1) is 9.53. The molecule has 3 nitrogen and oxygen atoms in total. The molecule has 4 heteroatoms. The zero-order chi connectivity index (χ0) is 14.6. The second-order valence-electron chi connectivity index (χ2n) is 5.35. The number of carbonyl (C=O) groups is 1. The highest BCUT2D eigenvalue weighted by molar-refractivity contribution is 8.15. The number of allylic oxidation sites excluding steroid dienone is 4. The van der Waals surface area contributed by atoms with E-state index in [1.807, 2.05) is 0 Å². The van der Waals surface area contributed by atoms with Gasteiger partial charge in [-0.15, -0.1) is 0 Å². The summed E-state index contributed by atoms with van der Waals surface area (Å²) in [6.07, 6.45) is 13.7. The van der Waals surface area contributed by atoms with E-state index in [0.29, 0.717) is 5.04 Å². The highest BCUT2D eigenvalue weighted by Crippen LogP contribution is 2.42. The summed E-state index contributed by atoms with van der Waals surface area (Å²) in [5.41, 5.74) is 2.48. The zero-order valence-corrected chi connectivity index (χ0v) is 13.0. The van der Waals surface area contributed by atoms with Crippen LogP contribution in [0.4, 0.5) is 0 Å². The van der Waals surface area contributed by atoms with Crippen LogP contribution in [0.2, 0.25) is 0 Å². The van der Waals surface area contributed by atoms with Crippen molar-refractivity contribution in [3.05, 3.63) is 35.5 Å². The lowest BCUT2D eigenvalue weighted by Crippen LogP contribution is -2.46. The second kappa shape index (κ2) is 6.44. The molecule has 2 N–H and O–H groups in total. The largest absolute Gasteiger partial charge is 0.337 e. The normalized spacial score (nSPS) is 25.7. The van der Waals surface area contributed by atoms with Crippen LogP contribution in [0, 0.1) is 5.41 Å². The van der Waals surface area contributed by atoms with Crippen LogP contribution in [0.5, 0.6) is 0 Å². The summed E-state index contributed by atoms with van der Waals surface area (Å²) >= 11 is 1.47. The Labute approximate surface area is 125 Å². The molecule has 0 heterocycles. The van der Waals surface area contributed by atoms with E-state index >= 15 is 0 Å². The van der Waals surface area contributed by atoms with Crippen molar-refractivity contribution in [1.29, 1.82) is 5.41 Å². The van der Waals surface area contributed by atoms with E-state index in [2.05, 4.69) is 29.6 Å². The summed E-state index contributed by atoms with van der Waals surface area (Å²) in [5, 5.41) is 11.5. The zero-order valence-electron chi connectivity index (χ0n) is 12.2. The van der Waals surface area contributed by atoms with Crippen LogP contribution in [0.15, 0.2) is 35.5 Å². The highest BCUT2D eigenvalue weighted by Gasteiger charge is 2.38. The number of hydrogen-bond acceptors (Lipinski definition) is 3. The summed E-state index contributed by atoms with van der Waals surface area (Å²) in [4.78, 5) is 11.2. The van der Waals surface area contributed by atoms with Gasteiger partial charge < -0.3 is 5.32 Å². The van der Waals surface area contributed by atoms with Gasteiger partial charge in [-0.25, -0.2) is 0 Å². The van der Waals surface area contributed by atoms with Gasteiger partial charge in [0.1, 0.15) is 4.87 Å². The summed E-state index contributed by atoms with van der Waals surface area (Å²) in [6.45, 7) is 3.35. The van der Waals surface area contributed by atoms with Gasteiger partial charge in [0.15, 0.2) is 0 Å². The first-order valence-electron chi connectivity index (χ1n) is 7.13. The van der Waals surface area contributed by atoms with E-state index < -0.39 is 4.87 Å². The molecule has 0 aromatic rings. The summed E-state index contributed by atoms with van der Waals surface area (Å²) in [5.74, 6) is -0.0332. The maximum Gasteiger partial charge on any atom is 0.218 e. The minimum Gasteiger partial charge on any atom is -0.337 e. The quantitative estimate of drug-likeness (QED) is 0.460. The Morgan fingerprint density at radius 2 is 2.05 bits per heavy atom. The average molecular weight is 290 g/mol. The van der Waals surface area contributed by atoms with Gasteiger partial charge in [0.25, 0.3) is 0 Å². The molecule has 2 rings (SSSR count). The van der Waals surface area contributed by atoms with Crippen LogP contribution in [0.3, 0.4) is 0 Å². The fraction of sp³-hybridized carbons (Fsp3) is 0.500. The Kier molecular flexibility index (Phi) is 4.86. The molecular formula is C16H22N2OS. The van der Waals surface area contributed by atoms with Crippen molar-refractivity contribution >= 4 is 22.7 Å². The Bertz CT molecular complexity index is 487. The molecule has 1 unspecified atom stereocenters. The SMILES string of the molecule is CC(=N)SC1(NC(C)=O)CCCCC2=C1C=CCC=C2. The van der Waals surface area contributed by atoms with Crippen molar-refractivity contribution in [3.63, 3.8) is 0 Å². The molecule has 0 fully saturated rings. The molecule has 0 radical (unpaired) electrons. The molecule has 0 aliphatic heterocycles. The lowest BCUT2D eigenvalue weighted by atomic mass is 9.98. The molecule has 108 valence electrons. The summed E-state index contributed by atoms with van der Waals surface area (Å²) < 4.78 is 0. The minimum atomic E-state index is -0.477. The van der Waals surface area contributed by atoms with E-state index in [1.165, 1.54) is 22.9 Å². The van der Waals surface area contributed by atoms with Crippen molar-refractivity contribution in [2.45, 2.75) is 50.8 Å². The third-order valence-electron chi connectivity index (χ3n) is 3.59. The van der Waals surface area contributed by atoms with Gasteiger partial charge in [0.05, 0.1) is 5.04 Å². The number of thioether (sulfide) groups is 1. The maximum absolute atomic E-state index is 11.7. The van der Waals surface area contributed by atoms with E-state index in [9.17, 15) is 4.79 Å². The van der Waals surface area contributed by atoms with Crippen molar-refractivity contribution < 1.29 is 4.79 Å². The molecule has 0 saturated heterocycles. The van der Waals surface area contributed by atoms with Crippen molar-refractivity contribution in [3.8, 4) is 0 Å². The predicted octanol–water partition coefficient (Wildman–Crippen LogP) is 3.94. The van der Waals surface area contributed by atoms with E-state index in [1.54, 1.807) is 13.8 Å². The number of nitrogens with one attached hydrogen (secondary N) is 2.